The van der Waals surface area contributed by atoms with E-state index in [1.54, 1.807) is 40.5 Å². The molecule has 362 valence electrons. The average Bonchev–Trinajstić information content (AvgIpc) is 4.16. The monoisotopic (exact) mass is 1070 g/mol. The number of hydrogen-bond donors (Lipinski definition) is 8. The third-order valence-electron chi connectivity index (χ3n) is 6.95. The largest absolute Gasteiger partial charge is 0.483 e. The second-order valence-electron chi connectivity index (χ2n) is 12.4. The topological polar surface area (TPSA) is 363 Å². The average molecular weight is 1070 g/mol. The molecule has 9 rings (SSSR count). The Bertz CT molecular complexity index is 2560. The lowest BCUT2D eigenvalue weighted by Gasteiger charge is -2.07. The number of ether oxygens (including phenoxy) is 2. The van der Waals surface area contributed by atoms with Crippen LogP contribution in [0.4, 0.5) is 41.9 Å². The van der Waals surface area contributed by atoms with Gasteiger partial charge in [0.25, 0.3) is 17.8 Å². The molecule has 0 atom stereocenters. The molecule has 0 aliphatic rings. The van der Waals surface area contributed by atoms with Crippen molar-refractivity contribution in [3.63, 3.8) is 0 Å². The summed E-state index contributed by atoms with van der Waals surface area (Å²) in [4.78, 5) is 46.8. The number of hydrogen-bond acceptors (Lipinski definition) is 27. The van der Waals surface area contributed by atoms with Gasteiger partial charge in [-0.05, 0) is 46.8 Å². The maximum absolute atomic E-state index is 11.4. The standard InChI is InChI=1S/C7H11N3OS.C7H6N2S.C5H8N2O2S.C5H8N2S.C4H6N2O.C4H6N2S.C3H3ClN2S.C3H4N2S/c1-4-5(6(11)10(2)3)12-7(8)9-4;8-7-9-5-3-1-2-4-6(5)10-7;1-8-3-4(9-2)10-5(6)7-3;1-3-4(2)8-5(6)7-3;1-3-2-7-4(5)6-3;1-3-2-6-4(5)7-3;4-2-1-6-3(5)7-2;4-3-5-1-2-6-3/h1-3H3,(H2,8,9);1-4H,(H2,8,9);1-2H3,(H2,6,7);1-2H3,(H2,6,7);2*2H,1H3,(H2,5,6);1H,(H2,5,6);1-2H,(H2,4,5). The van der Waals surface area contributed by atoms with Gasteiger partial charge < -0.3 is 64.7 Å². The zero-order valence-corrected chi connectivity index (χ0v) is 44.2. The SMILES string of the molecule is COc1nc(N)sc1OC.Cc1cnc(N)s1.Cc1coc(N)n1.Cc1nc(N)sc1C.Cc1nc(N)sc1C(=O)N(C)C.Nc1nc2ccccc2s1.Nc1ncc(Cl)s1.Nc1nccs1. The van der Waals surface area contributed by atoms with Crippen molar-refractivity contribution in [3.8, 4) is 10.9 Å². The molecule has 1 amide bonds. The Morgan fingerprint density at radius 2 is 1.27 bits per heavy atom. The van der Waals surface area contributed by atoms with Crippen LogP contribution >= 0.6 is 91.0 Å². The number of amides is 1. The molecule has 0 aliphatic carbocycles. The Labute approximate surface area is 419 Å². The quantitative estimate of drug-likeness (QED) is 0.0822. The molecule has 8 aromatic heterocycles. The number of carbonyl (C=O) groups is 1. The zero-order chi connectivity index (χ0) is 50.2. The van der Waals surface area contributed by atoms with E-state index in [4.69, 9.17) is 66.9 Å². The minimum absolute atomic E-state index is 0.0401. The number of aromatic nitrogens is 8. The number of para-hydroxylation sites is 1. The number of benzene rings is 1. The number of anilines is 8. The first-order valence-corrected chi connectivity index (χ1v) is 24.7. The van der Waals surface area contributed by atoms with Crippen molar-refractivity contribution < 1.29 is 18.7 Å². The van der Waals surface area contributed by atoms with Gasteiger partial charge in [0.05, 0.1) is 47.7 Å². The van der Waals surface area contributed by atoms with Crippen molar-refractivity contribution in [2.75, 3.05) is 74.2 Å². The van der Waals surface area contributed by atoms with Crippen LogP contribution in [0.3, 0.4) is 0 Å². The maximum atomic E-state index is 11.4. The van der Waals surface area contributed by atoms with Gasteiger partial charge in [0.2, 0.25) is 5.06 Å². The second kappa shape index (κ2) is 29.5. The van der Waals surface area contributed by atoms with Gasteiger partial charge in [0.1, 0.15) is 15.5 Å². The highest BCUT2D eigenvalue weighted by atomic mass is 35.5. The zero-order valence-electron chi connectivity index (χ0n) is 37.7. The van der Waals surface area contributed by atoms with Crippen molar-refractivity contribution in [2.45, 2.75) is 34.6 Å². The molecule has 0 bridgehead atoms. The highest BCUT2D eigenvalue weighted by Gasteiger charge is 2.15. The number of carbonyl (C=O) groups excluding carboxylic acids is 1. The molecule has 0 radical (unpaired) electrons. The molecular weight excluding hydrogens is 1020 g/mol. The summed E-state index contributed by atoms with van der Waals surface area (Å²) in [5.41, 5.74) is 46.1. The minimum Gasteiger partial charge on any atom is -0.483 e. The summed E-state index contributed by atoms with van der Waals surface area (Å²) in [5, 5.41) is 6.46. The highest BCUT2D eigenvalue weighted by Crippen LogP contribution is 2.34. The van der Waals surface area contributed by atoms with Crippen molar-refractivity contribution in [3.05, 3.63) is 90.5 Å². The Hall–Kier alpha value is -6.14. The van der Waals surface area contributed by atoms with E-state index in [9.17, 15) is 4.79 Å². The molecule has 29 heteroatoms. The van der Waals surface area contributed by atoms with Crippen LogP contribution in [0.15, 0.2) is 58.9 Å². The number of halogens is 1. The van der Waals surface area contributed by atoms with Crippen LogP contribution in [0.5, 0.6) is 10.9 Å². The first kappa shape index (κ1) is 57.0. The van der Waals surface area contributed by atoms with Gasteiger partial charge in [-0.1, -0.05) is 69.1 Å². The Morgan fingerprint density at radius 1 is 0.657 bits per heavy atom. The molecule has 8 heterocycles. The van der Waals surface area contributed by atoms with E-state index in [1.165, 1.54) is 109 Å². The molecule has 1 aromatic carbocycles. The number of nitrogens with two attached hydrogens (primary N) is 8. The second-order valence-corrected chi connectivity index (χ2v) is 20.6. The van der Waals surface area contributed by atoms with Crippen LogP contribution in [0, 0.1) is 34.6 Å². The number of rotatable bonds is 3. The number of nitrogen functional groups attached to an aromatic ring is 8. The fourth-order valence-electron chi connectivity index (χ4n) is 4.02. The number of thiazole rings is 7. The number of methoxy groups -OCH3 is 2. The van der Waals surface area contributed by atoms with Crippen LogP contribution in [-0.2, 0) is 0 Å². The number of oxazole rings is 1. The summed E-state index contributed by atoms with van der Waals surface area (Å²) < 4.78 is 16.2. The highest BCUT2D eigenvalue weighted by molar-refractivity contribution is 7.22. The molecule has 0 aliphatic heterocycles. The molecule has 0 fully saturated rings. The minimum atomic E-state index is -0.0401. The van der Waals surface area contributed by atoms with Gasteiger partial charge in [-0.3, -0.25) is 4.79 Å². The van der Waals surface area contributed by atoms with Crippen molar-refractivity contribution in [1.82, 2.24) is 44.8 Å². The van der Waals surface area contributed by atoms with Crippen LogP contribution < -0.4 is 55.3 Å². The smallest absolute Gasteiger partial charge is 0.292 e. The van der Waals surface area contributed by atoms with Gasteiger partial charge in [-0.15, -0.1) is 34.0 Å². The van der Waals surface area contributed by atoms with Crippen LogP contribution in [-0.4, -0.2) is 79.0 Å². The fraction of sp³-hybridized carbons (Fsp3) is 0.237. The van der Waals surface area contributed by atoms with E-state index < -0.39 is 0 Å². The fourth-order valence-corrected chi connectivity index (χ4v) is 8.53. The maximum Gasteiger partial charge on any atom is 0.292 e. The van der Waals surface area contributed by atoms with Crippen molar-refractivity contribution in [1.29, 1.82) is 0 Å². The van der Waals surface area contributed by atoms with E-state index in [0.717, 1.165) is 26.5 Å². The number of nitrogens with zero attached hydrogens (tertiary/aromatic N) is 9. The third kappa shape index (κ3) is 22.3. The normalized spacial score (nSPS) is 9.58. The summed E-state index contributed by atoms with van der Waals surface area (Å²) >= 11 is 15.2. The van der Waals surface area contributed by atoms with E-state index >= 15 is 0 Å². The molecule has 0 unspecified atom stereocenters. The Morgan fingerprint density at radius 3 is 1.58 bits per heavy atom. The molecule has 0 saturated heterocycles. The van der Waals surface area contributed by atoms with Crippen molar-refractivity contribution >= 4 is 149 Å². The summed E-state index contributed by atoms with van der Waals surface area (Å²) in [5.74, 6) is 0.409. The van der Waals surface area contributed by atoms with Gasteiger partial charge in [-0.2, -0.15) is 9.97 Å². The number of fused-ring (bicyclic) bond motifs is 1. The molecular formula is C38H52ClN17O4S7. The van der Waals surface area contributed by atoms with Crippen molar-refractivity contribution in [2.24, 2.45) is 0 Å². The summed E-state index contributed by atoms with van der Waals surface area (Å²) in [7, 11) is 6.49. The van der Waals surface area contributed by atoms with E-state index in [1.807, 2.05) is 57.3 Å². The summed E-state index contributed by atoms with van der Waals surface area (Å²) in [6, 6.07) is 8.16. The predicted molar refractivity (Wildman–Crippen MR) is 284 cm³/mol. The van der Waals surface area contributed by atoms with Crippen LogP contribution in [0.2, 0.25) is 4.34 Å². The molecule has 21 nitrogen and oxygen atoms in total. The number of aryl methyl sites for hydroxylation is 5. The lowest BCUT2D eigenvalue weighted by atomic mass is 10.3. The summed E-state index contributed by atoms with van der Waals surface area (Å²) in [6.45, 7) is 9.56. The molecule has 9 aromatic rings. The lowest BCUT2D eigenvalue weighted by Crippen LogP contribution is -2.21. The van der Waals surface area contributed by atoms with E-state index in [2.05, 4.69) is 44.3 Å². The Kier molecular flexibility index (Phi) is 25.1. The van der Waals surface area contributed by atoms with Crippen LogP contribution in [0.25, 0.3) is 10.2 Å². The predicted octanol–water partition coefficient (Wildman–Crippen LogP) is 8.40. The first-order chi connectivity index (χ1) is 31.6. The molecule has 0 spiro atoms. The molecule has 0 saturated carbocycles. The third-order valence-corrected chi connectivity index (χ3v) is 12.8. The van der Waals surface area contributed by atoms with E-state index in [0.29, 0.717) is 61.8 Å². The lowest BCUT2D eigenvalue weighted by molar-refractivity contribution is 0.0831. The van der Waals surface area contributed by atoms with Gasteiger partial charge >= 0.3 is 0 Å². The summed E-state index contributed by atoms with van der Waals surface area (Å²) in [6.07, 6.45) is 6.48. The van der Waals surface area contributed by atoms with Gasteiger partial charge in [-0.25, -0.2) is 29.9 Å². The van der Waals surface area contributed by atoms with Gasteiger partial charge in [0, 0.05) is 41.6 Å². The van der Waals surface area contributed by atoms with Crippen LogP contribution in [0.1, 0.15) is 36.5 Å². The first-order valence-electron chi connectivity index (χ1n) is 18.6. The Balaban J connectivity index is 0.000000265. The molecule has 16 N–H and O–H groups in total. The van der Waals surface area contributed by atoms with E-state index in [-0.39, 0.29) is 11.9 Å². The molecule has 67 heavy (non-hydrogen) atoms. The van der Waals surface area contributed by atoms with Gasteiger partial charge in [0.15, 0.2) is 35.9 Å².